The van der Waals surface area contributed by atoms with Crippen molar-refractivity contribution in [3.63, 3.8) is 0 Å². The zero-order chi connectivity index (χ0) is 14.7. The van der Waals surface area contributed by atoms with E-state index in [0.717, 1.165) is 22.8 Å². The van der Waals surface area contributed by atoms with Gasteiger partial charge in [-0.15, -0.1) is 0 Å². The van der Waals surface area contributed by atoms with E-state index in [1.807, 2.05) is 31.2 Å². The van der Waals surface area contributed by atoms with Crippen LogP contribution in [-0.4, -0.2) is 26.5 Å². The largest absolute Gasteiger partial charge is 0.463 e. The van der Waals surface area contributed by atoms with E-state index < -0.39 is 0 Å². The number of aromatic nitrogens is 4. The molecule has 0 radical (unpaired) electrons. The Balaban J connectivity index is 2.12. The quantitative estimate of drug-likeness (QED) is 0.737. The van der Waals surface area contributed by atoms with Crippen LogP contribution >= 0.6 is 11.6 Å². The molecule has 0 aliphatic carbocycles. The van der Waals surface area contributed by atoms with Crippen LogP contribution in [0.1, 0.15) is 13.3 Å². The molecule has 0 bridgehead atoms. The van der Waals surface area contributed by atoms with Gasteiger partial charge >= 0.3 is 6.01 Å². The van der Waals surface area contributed by atoms with Gasteiger partial charge < -0.3 is 4.74 Å². The van der Waals surface area contributed by atoms with Crippen molar-refractivity contribution in [2.75, 3.05) is 6.61 Å². The predicted octanol–water partition coefficient (Wildman–Crippen LogP) is 3.53. The molecule has 3 aromatic rings. The zero-order valence-electron chi connectivity index (χ0n) is 11.5. The maximum absolute atomic E-state index is 5.98. The van der Waals surface area contributed by atoms with Gasteiger partial charge in [-0.25, -0.2) is 0 Å². The van der Waals surface area contributed by atoms with Gasteiger partial charge in [0.15, 0.2) is 5.82 Å². The first kappa shape index (κ1) is 13.7. The average molecular weight is 301 g/mol. The third-order valence-corrected chi connectivity index (χ3v) is 3.11. The van der Waals surface area contributed by atoms with E-state index in [1.54, 1.807) is 12.4 Å². The van der Waals surface area contributed by atoms with E-state index in [0.29, 0.717) is 12.4 Å². The van der Waals surface area contributed by atoms with Crippen LogP contribution in [0.5, 0.6) is 6.01 Å². The van der Waals surface area contributed by atoms with Crippen LogP contribution < -0.4 is 4.74 Å². The number of rotatable bonds is 4. The van der Waals surface area contributed by atoms with E-state index in [-0.39, 0.29) is 11.3 Å². The number of benzene rings is 1. The lowest BCUT2D eigenvalue weighted by Crippen LogP contribution is -2.03. The molecule has 0 aliphatic heterocycles. The highest BCUT2D eigenvalue weighted by Gasteiger charge is 2.11. The summed E-state index contributed by atoms with van der Waals surface area (Å²) < 4.78 is 5.45. The van der Waals surface area contributed by atoms with Crippen molar-refractivity contribution >= 4 is 22.4 Å². The molecule has 21 heavy (non-hydrogen) atoms. The van der Waals surface area contributed by atoms with Crippen molar-refractivity contribution in [3.05, 3.63) is 41.9 Å². The summed E-state index contributed by atoms with van der Waals surface area (Å²) in [6, 6.07) is 8.04. The summed E-state index contributed by atoms with van der Waals surface area (Å²) in [4.78, 5) is 16.7. The van der Waals surface area contributed by atoms with Gasteiger partial charge in [0.2, 0.25) is 5.28 Å². The van der Waals surface area contributed by atoms with Gasteiger partial charge in [0.25, 0.3) is 0 Å². The molecule has 1 aromatic carbocycles. The van der Waals surface area contributed by atoms with E-state index >= 15 is 0 Å². The van der Waals surface area contributed by atoms with Crippen molar-refractivity contribution in [2.45, 2.75) is 13.3 Å². The zero-order valence-corrected chi connectivity index (χ0v) is 12.2. The molecule has 2 heterocycles. The summed E-state index contributed by atoms with van der Waals surface area (Å²) in [5.74, 6) is 0.498. The van der Waals surface area contributed by atoms with Crippen LogP contribution in [0.4, 0.5) is 0 Å². The third-order valence-electron chi connectivity index (χ3n) is 2.94. The fourth-order valence-electron chi connectivity index (χ4n) is 2.03. The molecule has 0 amide bonds. The van der Waals surface area contributed by atoms with Gasteiger partial charge in [-0.2, -0.15) is 15.0 Å². The topological polar surface area (TPSA) is 60.8 Å². The standard InChI is InChI=1S/C15H13ClN4O/c1-2-8-21-15-19-13(18-14(16)20-15)12-5-3-4-10-9-17-7-6-11(10)12/h3-7,9H,2,8H2,1H3. The van der Waals surface area contributed by atoms with Crippen molar-refractivity contribution in [3.8, 4) is 17.4 Å². The number of ether oxygens (including phenoxy) is 1. The minimum atomic E-state index is 0.122. The van der Waals surface area contributed by atoms with Crippen LogP contribution in [0, 0.1) is 0 Å². The number of hydrogen-bond acceptors (Lipinski definition) is 5. The Hall–Kier alpha value is -2.27. The highest BCUT2D eigenvalue weighted by Crippen LogP contribution is 2.26. The lowest BCUT2D eigenvalue weighted by molar-refractivity contribution is 0.291. The SMILES string of the molecule is CCCOc1nc(Cl)nc(-c2cccc3cnccc23)n1. The average Bonchev–Trinajstić information content (AvgIpc) is 2.52. The summed E-state index contributed by atoms with van der Waals surface area (Å²) >= 11 is 5.98. The van der Waals surface area contributed by atoms with Gasteiger partial charge in [-0.1, -0.05) is 25.1 Å². The summed E-state index contributed by atoms with van der Waals surface area (Å²) in [6.07, 6.45) is 4.41. The van der Waals surface area contributed by atoms with Gasteiger partial charge in [0.1, 0.15) is 0 Å². The molecule has 106 valence electrons. The Morgan fingerprint density at radius 3 is 2.90 bits per heavy atom. The van der Waals surface area contributed by atoms with E-state index in [9.17, 15) is 0 Å². The molecule has 0 N–H and O–H groups in total. The summed E-state index contributed by atoms with van der Waals surface area (Å²) in [6.45, 7) is 2.56. The van der Waals surface area contributed by atoms with Crippen molar-refractivity contribution in [1.82, 2.24) is 19.9 Å². The second-order valence-corrected chi connectivity index (χ2v) is 4.80. The van der Waals surface area contributed by atoms with Gasteiger partial charge in [0.05, 0.1) is 6.61 Å². The second kappa shape index (κ2) is 6.01. The molecule has 0 saturated carbocycles. The van der Waals surface area contributed by atoms with Crippen LogP contribution in [-0.2, 0) is 0 Å². The maximum Gasteiger partial charge on any atom is 0.321 e. The fraction of sp³-hybridized carbons (Fsp3) is 0.200. The fourth-order valence-corrected chi connectivity index (χ4v) is 2.18. The molecule has 0 spiro atoms. The van der Waals surface area contributed by atoms with Crippen LogP contribution in [0.15, 0.2) is 36.7 Å². The Kier molecular flexibility index (Phi) is 3.92. The van der Waals surface area contributed by atoms with Crippen LogP contribution in [0.3, 0.4) is 0 Å². The number of halogens is 1. The predicted molar refractivity (Wildman–Crippen MR) is 81.4 cm³/mol. The number of nitrogens with zero attached hydrogens (tertiary/aromatic N) is 4. The number of fused-ring (bicyclic) bond motifs is 1. The van der Waals surface area contributed by atoms with Crippen LogP contribution in [0.25, 0.3) is 22.2 Å². The number of hydrogen-bond donors (Lipinski definition) is 0. The van der Waals surface area contributed by atoms with E-state index in [4.69, 9.17) is 16.3 Å². The highest BCUT2D eigenvalue weighted by molar-refractivity contribution is 6.28. The Labute approximate surface area is 127 Å². The molecule has 0 unspecified atom stereocenters. The second-order valence-electron chi connectivity index (χ2n) is 4.46. The van der Waals surface area contributed by atoms with Gasteiger partial charge in [-0.3, -0.25) is 4.98 Å². The molecule has 6 heteroatoms. The Bertz CT molecular complexity index is 773. The van der Waals surface area contributed by atoms with Crippen molar-refractivity contribution in [1.29, 1.82) is 0 Å². The number of pyridine rings is 1. The van der Waals surface area contributed by atoms with Crippen molar-refractivity contribution < 1.29 is 4.74 Å². The molecule has 0 saturated heterocycles. The Morgan fingerprint density at radius 1 is 1.14 bits per heavy atom. The first-order valence-electron chi connectivity index (χ1n) is 6.65. The lowest BCUT2D eigenvalue weighted by atomic mass is 10.1. The summed E-state index contributed by atoms with van der Waals surface area (Å²) in [5.41, 5.74) is 0.876. The van der Waals surface area contributed by atoms with Gasteiger partial charge in [0, 0.05) is 23.3 Å². The molecule has 0 atom stereocenters. The minimum Gasteiger partial charge on any atom is -0.463 e. The van der Waals surface area contributed by atoms with E-state index in [2.05, 4.69) is 19.9 Å². The van der Waals surface area contributed by atoms with E-state index in [1.165, 1.54) is 0 Å². The smallest absolute Gasteiger partial charge is 0.321 e. The molecule has 0 fully saturated rings. The molecule has 5 nitrogen and oxygen atoms in total. The molecule has 3 rings (SSSR count). The van der Waals surface area contributed by atoms with Gasteiger partial charge in [-0.05, 0) is 29.5 Å². The molecule has 0 aliphatic rings. The molecular weight excluding hydrogens is 288 g/mol. The third kappa shape index (κ3) is 2.92. The summed E-state index contributed by atoms with van der Waals surface area (Å²) in [7, 11) is 0. The monoisotopic (exact) mass is 300 g/mol. The molecular formula is C15H13ClN4O. The maximum atomic E-state index is 5.98. The normalized spacial score (nSPS) is 10.8. The Morgan fingerprint density at radius 2 is 2.05 bits per heavy atom. The first-order valence-corrected chi connectivity index (χ1v) is 7.03. The summed E-state index contributed by atoms with van der Waals surface area (Å²) in [5, 5.41) is 2.15. The molecule has 2 aromatic heterocycles. The highest BCUT2D eigenvalue weighted by atomic mass is 35.5. The lowest BCUT2D eigenvalue weighted by Gasteiger charge is -2.07. The minimum absolute atomic E-state index is 0.122. The first-order chi connectivity index (χ1) is 10.3. The van der Waals surface area contributed by atoms with Crippen molar-refractivity contribution in [2.24, 2.45) is 0 Å². The van der Waals surface area contributed by atoms with Crippen LogP contribution in [0.2, 0.25) is 5.28 Å².